The molecule has 1 aliphatic heterocycles. The molecule has 6 heteroatoms. The van der Waals surface area contributed by atoms with Gasteiger partial charge in [0.05, 0.1) is 6.54 Å². The first-order chi connectivity index (χ1) is 10.9. The molecule has 0 radical (unpaired) electrons. The average Bonchev–Trinajstić information content (AvgIpc) is 2.47. The SMILES string of the molecule is C[C@@H]1CCCCN1C(=O)CN(C)[C@H](C(N)=O)c1cccc(F)c1. The van der Waals surface area contributed by atoms with E-state index in [0.717, 1.165) is 25.8 Å². The van der Waals surface area contributed by atoms with Crippen LogP contribution in [0.1, 0.15) is 37.8 Å². The lowest BCUT2D eigenvalue weighted by molar-refractivity contribution is -0.136. The number of piperidine rings is 1. The number of hydrogen-bond donors (Lipinski definition) is 1. The second-order valence-electron chi connectivity index (χ2n) is 6.21. The summed E-state index contributed by atoms with van der Waals surface area (Å²) in [6, 6.07) is 5.15. The Bertz CT molecular complexity index is 579. The summed E-state index contributed by atoms with van der Waals surface area (Å²) in [4.78, 5) is 27.7. The van der Waals surface area contributed by atoms with Crippen molar-refractivity contribution in [1.82, 2.24) is 9.80 Å². The van der Waals surface area contributed by atoms with Crippen molar-refractivity contribution < 1.29 is 14.0 Å². The molecule has 1 saturated heterocycles. The summed E-state index contributed by atoms with van der Waals surface area (Å²) in [5, 5.41) is 0. The van der Waals surface area contributed by atoms with E-state index in [1.54, 1.807) is 18.0 Å². The van der Waals surface area contributed by atoms with Gasteiger partial charge in [-0.2, -0.15) is 0 Å². The minimum atomic E-state index is -0.824. The topological polar surface area (TPSA) is 66.6 Å². The fourth-order valence-corrected chi connectivity index (χ4v) is 3.18. The molecule has 2 atom stereocenters. The van der Waals surface area contributed by atoms with Crippen LogP contribution in [0.4, 0.5) is 4.39 Å². The van der Waals surface area contributed by atoms with Crippen molar-refractivity contribution >= 4 is 11.8 Å². The number of nitrogens with zero attached hydrogens (tertiary/aromatic N) is 2. The number of benzene rings is 1. The van der Waals surface area contributed by atoms with Crippen molar-refractivity contribution in [2.75, 3.05) is 20.1 Å². The molecule has 0 aromatic heterocycles. The van der Waals surface area contributed by atoms with E-state index in [1.807, 2.05) is 11.8 Å². The zero-order chi connectivity index (χ0) is 17.0. The van der Waals surface area contributed by atoms with Gasteiger partial charge in [-0.3, -0.25) is 14.5 Å². The summed E-state index contributed by atoms with van der Waals surface area (Å²) in [5.74, 6) is -1.06. The number of hydrogen-bond acceptors (Lipinski definition) is 3. The quantitative estimate of drug-likeness (QED) is 0.897. The predicted octanol–water partition coefficient (Wildman–Crippen LogP) is 1.68. The van der Waals surface area contributed by atoms with Crippen molar-refractivity contribution in [1.29, 1.82) is 0 Å². The van der Waals surface area contributed by atoms with Crippen LogP contribution in [0.5, 0.6) is 0 Å². The minimum absolute atomic E-state index is 0.0256. The molecule has 1 fully saturated rings. The van der Waals surface area contributed by atoms with Crippen LogP contribution in [0, 0.1) is 5.82 Å². The Morgan fingerprint density at radius 3 is 2.78 bits per heavy atom. The molecule has 5 nitrogen and oxygen atoms in total. The number of carbonyl (C=O) groups excluding carboxylic acids is 2. The Kier molecular flexibility index (Phi) is 5.71. The molecule has 0 unspecified atom stereocenters. The Hall–Kier alpha value is -1.95. The van der Waals surface area contributed by atoms with Gasteiger partial charge in [-0.05, 0) is 50.9 Å². The van der Waals surface area contributed by atoms with Crippen LogP contribution in [0.25, 0.3) is 0 Å². The summed E-state index contributed by atoms with van der Waals surface area (Å²) in [7, 11) is 1.66. The van der Waals surface area contributed by atoms with E-state index >= 15 is 0 Å². The molecule has 1 aliphatic rings. The molecule has 1 aromatic carbocycles. The number of halogens is 1. The van der Waals surface area contributed by atoms with Crippen LogP contribution in [0.15, 0.2) is 24.3 Å². The van der Waals surface area contributed by atoms with Gasteiger partial charge in [0.25, 0.3) is 0 Å². The largest absolute Gasteiger partial charge is 0.368 e. The lowest BCUT2D eigenvalue weighted by Crippen LogP contribution is -2.48. The highest BCUT2D eigenvalue weighted by Crippen LogP contribution is 2.21. The summed E-state index contributed by atoms with van der Waals surface area (Å²) in [6.07, 6.45) is 3.13. The molecule has 1 heterocycles. The number of nitrogens with two attached hydrogens (primary N) is 1. The molecular formula is C17H24FN3O2. The minimum Gasteiger partial charge on any atom is -0.368 e. The first-order valence-electron chi connectivity index (χ1n) is 7.94. The molecule has 2 rings (SSSR count). The predicted molar refractivity (Wildman–Crippen MR) is 86.0 cm³/mol. The average molecular weight is 321 g/mol. The third-order valence-electron chi connectivity index (χ3n) is 4.38. The maximum atomic E-state index is 13.4. The molecular weight excluding hydrogens is 297 g/mol. The number of rotatable bonds is 5. The Balaban J connectivity index is 2.10. The van der Waals surface area contributed by atoms with Crippen LogP contribution >= 0.6 is 0 Å². The molecule has 0 spiro atoms. The van der Waals surface area contributed by atoms with Crippen molar-refractivity contribution in [2.45, 2.75) is 38.3 Å². The van der Waals surface area contributed by atoms with E-state index < -0.39 is 17.8 Å². The van der Waals surface area contributed by atoms with Crippen LogP contribution in [-0.2, 0) is 9.59 Å². The van der Waals surface area contributed by atoms with Crippen molar-refractivity contribution in [2.24, 2.45) is 5.73 Å². The molecule has 2 amide bonds. The van der Waals surface area contributed by atoms with Crippen LogP contribution < -0.4 is 5.73 Å². The second kappa shape index (κ2) is 7.55. The van der Waals surface area contributed by atoms with Crippen molar-refractivity contribution in [3.05, 3.63) is 35.6 Å². The first-order valence-corrected chi connectivity index (χ1v) is 7.94. The van der Waals surface area contributed by atoms with Gasteiger partial charge in [0.2, 0.25) is 11.8 Å². The Morgan fingerprint density at radius 2 is 2.17 bits per heavy atom. The summed E-state index contributed by atoms with van der Waals surface area (Å²) in [6.45, 7) is 2.86. The van der Waals surface area contributed by atoms with Gasteiger partial charge in [0.1, 0.15) is 11.9 Å². The van der Waals surface area contributed by atoms with E-state index in [4.69, 9.17) is 5.73 Å². The van der Waals surface area contributed by atoms with E-state index in [2.05, 4.69) is 0 Å². The Morgan fingerprint density at radius 1 is 1.43 bits per heavy atom. The van der Waals surface area contributed by atoms with Crippen molar-refractivity contribution in [3.8, 4) is 0 Å². The molecule has 2 N–H and O–H groups in total. The maximum Gasteiger partial charge on any atom is 0.239 e. The smallest absolute Gasteiger partial charge is 0.239 e. The normalized spacial score (nSPS) is 19.7. The van der Waals surface area contributed by atoms with Gasteiger partial charge in [0, 0.05) is 12.6 Å². The van der Waals surface area contributed by atoms with Gasteiger partial charge in [-0.25, -0.2) is 4.39 Å². The van der Waals surface area contributed by atoms with Gasteiger partial charge in [-0.15, -0.1) is 0 Å². The standard InChI is InChI=1S/C17H24FN3O2/c1-12-6-3-4-9-21(12)15(22)11-20(2)16(17(19)23)13-7-5-8-14(18)10-13/h5,7-8,10,12,16H,3-4,6,9,11H2,1-2H3,(H2,19,23)/t12-,16+/m1/s1. The molecule has 0 bridgehead atoms. The molecule has 23 heavy (non-hydrogen) atoms. The lowest BCUT2D eigenvalue weighted by atomic mass is 10.0. The molecule has 0 saturated carbocycles. The van der Waals surface area contributed by atoms with Crippen LogP contribution in [0.2, 0.25) is 0 Å². The number of carbonyl (C=O) groups is 2. The number of likely N-dealkylation sites (N-methyl/N-ethyl adjacent to an activating group) is 1. The van der Waals surface area contributed by atoms with Crippen LogP contribution in [0.3, 0.4) is 0 Å². The molecule has 1 aromatic rings. The fourth-order valence-electron chi connectivity index (χ4n) is 3.18. The highest BCUT2D eigenvalue weighted by Gasteiger charge is 2.29. The van der Waals surface area contributed by atoms with Crippen molar-refractivity contribution in [3.63, 3.8) is 0 Å². The third-order valence-corrected chi connectivity index (χ3v) is 4.38. The third kappa shape index (κ3) is 4.28. The summed E-state index contributed by atoms with van der Waals surface area (Å²) in [5.41, 5.74) is 5.93. The summed E-state index contributed by atoms with van der Waals surface area (Å²) < 4.78 is 13.4. The zero-order valence-electron chi connectivity index (χ0n) is 13.7. The number of primary amides is 1. The van der Waals surface area contributed by atoms with E-state index in [9.17, 15) is 14.0 Å². The zero-order valence-corrected chi connectivity index (χ0v) is 13.7. The molecule has 126 valence electrons. The fraction of sp³-hybridized carbons (Fsp3) is 0.529. The van der Waals surface area contributed by atoms with E-state index in [1.165, 1.54) is 18.2 Å². The second-order valence-corrected chi connectivity index (χ2v) is 6.21. The number of amides is 2. The van der Waals surface area contributed by atoms with Gasteiger partial charge >= 0.3 is 0 Å². The van der Waals surface area contributed by atoms with E-state index in [0.29, 0.717) is 5.56 Å². The highest BCUT2D eigenvalue weighted by atomic mass is 19.1. The number of likely N-dealkylation sites (tertiary alicyclic amines) is 1. The van der Waals surface area contributed by atoms with Gasteiger partial charge in [-0.1, -0.05) is 12.1 Å². The maximum absolute atomic E-state index is 13.4. The van der Waals surface area contributed by atoms with Crippen LogP contribution in [-0.4, -0.2) is 47.8 Å². The van der Waals surface area contributed by atoms with Gasteiger partial charge in [0.15, 0.2) is 0 Å². The first kappa shape index (κ1) is 17.4. The lowest BCUT2D eigenvalue weighted by Gasteiger charge is -2.35. The van der Waals surface area contributed by atoms with E-state index in [-0.39, 0.29) is 18.5 Å². The highest BCUT2D eigenvalue weighted by molar-refractivity contribution is 5.83. The molecule has 0 aliphatic carbocycles. The Labute approximate surface area is 136 Å². The van der Waals surface area contributed by atoms with Gasteiger partial charge < -0.3 is 10.6 Å². The summed E-state index contributed by atoms with van der Waals surface area (Å²) >= 11 is 0. The monoisotopic (exact) mass is 321 g/mol.